The molecule has 2 N–H and O–H groups in total. The average Bonchev–Trinajstić information content (AvgIpc) is 2.36. The lowest BCUT2D eigenvalue weighted by Crippen LogP contribution is -2.45. The predicted molar refractivity (Wildman–Crippen MR) is 77.4 cm³/mol. The van der Waals surface area contributed by atoms with E-state index in [1.165, 1.54) is 12.1 Å². The summed E-state index contributed by atoms with van der Waals surface area (Å²) in [6, 6.07) is 2.87. The molecule has 0 spiro atoms. The van der Waals surface area contributed by atoms with Crippen LogP contribution in [0, 0.1) is 11.7 Å². The number of nitrogens with two attached hydrogens (primary N) is 1. The quantitative estimate of drug-likeness (QED) is 0.803. The third-order valence-corrected chi connectivity index (χ3v) is 4.35. The number of carbonyl (C=O) groups is 1. The van der Waals surface area contributed by atoms with Gasteiger partial charge in [-0.2, -0.15) is 0 Å². The van der Waals surface area contributed by atoms with Crippen LogP contribution in [0.5, 0.6) is 0 Å². The van der Waals surface area contributed by atoms with Crippen molar-refractivity contribution in [1.29, 1.82) is 0 Å². The number of halogens is 2. The molecule has 19 heavy (non-hydrogen) atoms. The van der Waals surface area contributed by atoms with Crippen LogP contribution in [0.25, 0.3) is 0 Å². The van der Waals surface area contributed by atoms with Gasteiger partial charge in [0.2, 0.25) is 0 Å². The van der Waals surface area contributed by atoms with Crippen LogP contribution in [0.2, 0.25) is 0 Å². The molecule has 1 heterocycles. The largest absolute Gasteiger partial charge is 0.396 e. The first-order chi connectivity index (χ1) is 8.90. The third kappa shape index (κ3) is 2.91. The maximum absolute atomic E-state index is 13.3. The smallest absolute Gasteiger partial charge is 0.255 e. The van der Waals surface area contributed by atoms with Crippen LogP contribution in [0.4, 0.5) is 10.1 Å². The number of rotatable bonds is 1. The minimum atomic E-state index is -0.511. The highest BCUT2D eigenvalue weighted by molar-refractivity contribution is 9.10. The maximum atomic E-state index is 13.3. The average molecular weight is 329 g/mol. The van der Waals surface area contributed by atoms with E-state index < -0.39 is 5.82 Å². The van der Waals surface area contributed by atoms with E-state index >= 15 is 0 Å². The molecule has 1 aromatic rings. The minimum absolute atomic E-state index is 0.00395. The van der Waals surface area contributed by atoms with Gasteiger partial charge in [-0.15, -0.1) is 0 Å². The van der Waals surface area contributed by atoms with Gasteiger partial charge in [0.1, 0.15) is 5.82 Å². The normalized spacial score (nSPS) is 23.5. The molecule has 1 amide bonds. The summed E-state index contributed by atoms with van der Waals surface area (Å²) in [5, 5.41) is 0. The van der Waals surface area contributed by atoms with E-state index in [4.69, 9.17) is 5.73 Å². The highest BCUT2D eigenvalue weighted by atomic mass is 79.9. The monoisotopic (exact) mass is 328 g/mol. The molecule has 2 unspecified atom stereocenters. The molecule has 2 atom stereocenters. The van der Waals surface area contributed by atoms with Gasteiger partial charge >= 0.3 is 0 Å². The minimum Gasteiger partial charge on any atom is -0.396 e. The Hall–Kier alpha value is -1.10. The molecule has 0 aliphatic carbocycles. The first-order valence-corrected chi connectivity index (χ1v) is 7.25. The Kier molecular flexibility index (Phi) is 4.13. The fourth-order valence-corrected chi connectivity index (χ4v) is 2.94. The van der Waals surface area contributed by atoms with E-state index in [-0.39, 0.29) is 17.6 Å². The van der Waals surface area contributed by atoms with E-state index in [0.717, 1.165) is 19.4 Å². The van der Waals surface area contributed by atoms with Gasteiger partial charge in [0.15, 0.2) is 0 Å². The Bertz CT molecular complexity index is 506. The summed E-state index contributed by atoms with van der Waals surface area (Å²) in [6.07, 6.45) is 2.14. The van der Waals surface area contributed by atoms with Crippen LogP contribution in [0.15, 0.2) is 16.6 Å². The molecule has 0 aromatic heterocycles. The molecular weight excluding hydrogens is 311 g/mol. The van der Waals surface area contributed by atoms with E-state index in [1.807, 2.05) is 11.8 Å². The van der Waals surface area contributed by atoms with Crippen LogP contribution < -0.4 is 5.73 Å². The van der Waals surface area contributed by atoms with Crippen molar-refractivity contribution in [2.45, 2.75) is 32.7 Å². The van der Waals surface area contributed by atoms with Gasteiger partial charge in [-0.05, 0) is 53.7 Å². The summed E-state index contributed by atoms with van der Waals surface area (Å²) in [6.45, 7) is 4.93. The van der Waals surface area contributed by atoms with Crippen molar-refractivity contribution in [2.24, 2.45) is 5.92 Å². The van der Waals surface area contributed by atoms with Crippen molar-refractivity contribution >= 4 is 27.5 Å². The highest BCUT2D eigenvalue weighted by Crippen LogP contribution is 2.28. The molecule has 0 saturated carbocycles. The lowest BCUT2D eigenvalue weighted by molar-refractivity contribution is 0.0573. The van der Waals surface area contributed by atoms with Crippen LogP contribution in [-0.2, 0) is 0 Å². The summed E-state index contributed by atoms with van der Waals surface area (Å²) in [5.41, 5.74) is 5.99. The van der Waals surface area contributed by atoms with Crippen LogP contribution in [0.1, 0.15) is 37.0 Å². The van der Waals surface area contributed by atoms with Gasteiger partial charge in [-0.1, -0.05) is 6.92 Å². The number of amides is 1. The van der Waals surface area contributed by atoms with Gasteiger partial charge in [0.25, 0.3) is 5.91 Å². The van der Waals surface area contributed by atoms with Gasteiger partial charge in [-0.25, -0.2) is 4.39 Å². The van der Waals surface area contributed by atoms with Crippen LogP contribution in [0.3, 0.4) is 0 Å². The number of anilines is 1. The Morgan fingerprint density at radius 2 is 2.11 bits per heavy atom. The van der Waals surface area contributed by atoms with Crippen molar-refractivity contribution in [1.82, 2.24) is 4.90 Å². The summed E-state index contributed by atoms with van der Waals surface area (Å²) in [7, 11) is 0. The number of piperidine rings is 1. The zero-order valence-electron chi connectivity index (χ0n) is 11.1. The maximum Gasteiger partial charge on any atom is 0.255 e. The van der Waals surface area contributed by atoms with Gasteiger partial charge in [0, 0.05) is 17.1 Å². The molecule has 1 aliphatic rings. The standard InChI is InChI=1S/C14H18BrFN2O/c1-8-3-4-9(2)18(7-8)14(19)10-5-13(17)12(16)6-11(10)15/h5-6,8-9H,3-4,7,17H2,1-2H3. The van der Waals surface area contributed by atoms with Gasteiger partial charge < -0.3 is 10.6 Å². The van der Waals surface area contributed by atoms with Crippen molar-refractivity contribution in [2.75, 3.05) is 12.3 Å². The third-order valence-electron chi connectivity index (χ3n) is 3.70. The number of nitrogen functional groups attached to an aromatic ring is 1. The predicted octanol–water partition coefficient (Wildman–Crippen LogP) is 3.43. The van der Waals surface area contributed by atoms with Crippen LogP contribution >= 0.6 is 15.9 Å². The molecule has 104 valence electrons. The Labute approximate surface area is 121 Å². The second-order valence-corrected chi connectivity index (χ2v) is 6.20. The number of likely N-dealkylation sites (tertiary alicyclic amines) is 1. The Morgan fingerprint density at radius 3 is 2.79 bits per heavy atom. The number of hydrogen-bond acceptors (Lipinski definition) is 2. The lowest BCUT2D eigenvalue weighted by atomic mass is 9.94. The first kappa shape index (κ1) is 14.3. The topological polar surface area (TPSA) is 46.3 Å². The van der Waals surface area contributed by atoms with Crippen molar-refractivity contribution in [3.8, 4) is 0 Å². The molecule has 1 fully saturated rings. The molecule has 0 bridgehead atoms. The second kappa shape index (κ2) is 5.49. The van der Waals surface area contributed by atoms with E-state index in [1.54, 1.807) is 0 Å². The number of carbonyl (C=O) groups excluding carboxylic acids is 1. The zero-order valence-corrected chi connectivity index (χ0v) is 12.7. The highest BCUT2D eigenvalue weighted by Gasteiger charge is 2.29. The van der Waals surface area contributed by atoms with E-state index in [0.29, 0.717) is 16.0 Å². The zero-order chi connectivity index (χ0) is 14.2. The molecule has 5 heteroatoms. The number of nitrogens with zero attached hydrogens (tertiary/aromatic N) is 1. The Morgan fingerprint density at radius 1 is 1.42 bits per heavy atom. The first-order valence-electron chi connectivity index (χ1n) is 6.45. The van der Waals surface area contributed by atoms with Crippen molar-refractivity contribution in [3.05, 3.63) is 28.0 Å². The van der Waals surface area contributed by atoms with Crippen molar-refractivity contribution in [3.63, 3.8) is 0 Å². The van der Waals surface area contributed by atoms with Gasteiger partial charge in [-0.3, -0.25) is 4.79 Å². The summed E-state index contributed by atoms with van der Waals surface area (Å²) < 4.78 is 13.8. The van der Waals surface area contributed by atoms with E-state index in [2.05, 4.69) is 22.9 Å². The molecule has 1 saturated heterocycles. The van der Waals surface area contributed by atoms with E-state index in [9.17, 15) is 9.18 Å². The summed E-state index contributed by atoms with van der Waals surface area (Å²) in [4.78, 5) is 14.4. The second-order valence-electron chi connectivity index (χ2n) is 5.34. The number of hydrogen-bond donors (Lipinski definition) is 1. The lowest BCUT2D eigenvalue weighted by Gasteiger charge is -2.37. The molecule has 1 aliphatic heterocycles. The van der Waals surface area contributed by atoms with Gasteiger partial charge in [0.05, 0.1) is 11.3 Å². The SMILES string of the molecule is CC1CCC(C)N(C(=O)c2cc(N)c(F)cc2Br)C1. The number of benzene rings is 1. The molecule has 2 rings (SSSR count). The van der Waals surface area contributed by atoms with Crippen LogP contribution in [-0.4, -0.2) is 23.4 Å². The molecular formula is C14H18BrFN2O. The Balaban J connectivity index is 2.31. The summed E-state index contributed by atoms with van der Waals surface area (Å²) >= 11 is 3.24. The molecule has 3 nitrogen and oxygen atoms in total. The fraction of sp³-hybridized carbons (Fsp3) is 0.500. The molecule has 1 aromatic carbocycles. The summed E-state index contributed by atoms with van der Waals surface area (Å²) in [5.74, 6) is -0.0992. The van der Waals surface area contributed by atoms with Crippen molar-refractivity contribution < 1.29 is 9.18 Å². The fourth-order valence-electron chi connectivity index (χ4n) is 2.46. The molecule has 0 radical (unpaired) electrons.